The third-order valence-corrected chi connectivity index (χ3v) is 5.95. The molecule has 3 aromatic carbocycles. The standard InChI is InChI=1S/C28H25N3O3/c1-33-22-11-6-12-23(18-22)34-26-15-16-29-27(31-26)20-9-4-10-21(17-20)28(32)30-25-14-5-8-19-7-2-3-13-24(19)25/h2-4,6-7,9-13,15-18,25H,5,8,14H2,1H3,(H,30,32)/t25-/m1/s1. The smallest absolute Gasteiger partial charge is 0.251 e. The molecule has 34 heavy (non-hydrogen) atoms. The van der Waals surface area contributed by atoms with E-state index in [9.17, 15) is 4.79 Å². The number of nitrogens with one attached hydrogen (secondary N) is 1. The van der Waals surface area contributed by atoms with Gasteiger partial charge in [-0.25, -0.2) is 4.98 Å². The zero-order valence-electron chi connectivity index (χ0n) is 18.9. The summed E-state index contributed by atoms with van der Waals surface area (Å²) in [6.45, 7) is 0. The van der Waals surface area contributed by atoms with Crippen LogP contribution in [0.15, 0.2) is 85.1 Å². The molecule has 0 fully saturated rings. The number of fused-ring (bicyclic) bond motifs is 1. The van der Waals surface area contributed by atoms with Crippen LogP contribution in [-0.4, -0.2) is 23.0 Å². The minimum absolute atomic E-state index is 0.0250. The summed E-state index contributed by atoms with van der Waals surface area (Å²) in [7, 11) is 1.61. The van der Waals surface area contributed by atoms with E-state index in [4.69, 9.17) is 9.47 Å². The molecule has 5 rings (SSSR count). The van der Waals surface area contributed by atoms with Gasteiger partial charge in [0.05, 0.1) is 13.2 Å². The van der Waals surface area contributed by atoms with Crippen LogP contribution in [0.25, 0.3) is 11.4 Å². The number of carbonyl (C=O) groups is 1. The maximum atomic E-state index is 13.1. The number of hydrogen-bond donors (Lipinski definition) is 1. The average molecular weight is 452 g/mol. The predicted octanol–water partition coefficient (Wildman–Crippen LogP) is 5.75. The second-order valence-corrected chi connectivity index (χ2v) is 8.20. The van der Waals surface area contributed by atoms with Gasteiger partial charge in [0, 0.05) is 29.5 Å². The van der Waals surface area contributed by atoms with Gasteiger partial charge in [0.25, 0.3) is 5.91 Å². The molecule has 0 bridgehead atoms. The van der Waals surface area contributed by atoms with Crippen LogP contribution in [0.3, 0.4) is 0 Å². The lowest BCUT2D eigenvalue weighted by Gasteiger charge is -2.26. The molecule has 1 aliphatic carbocycles. The second-order valence-electron chi connectivity index (χ2n) is 8.20. The first-order valence-electron chi connectivity index (χ1n) is 11.3. The van der Waals surface area contributed by atoms with E-state index in [1.54, 1.807) is 25.4 Å². The molecule has 4 aromatic rings. The highest BCUT2D eigenvalue weighted by Gasteiger charge is 2.22. The van der Waals surface area contributed by atoms with E-state index in [1.165, 1.54) is 11.1 Å². The summed E-state index contributed by atoms with van der Waals surface area (Å²) < 4.78 is 11.1. The van der Waals surface area contributed by atoms with Crippen molar-refractivity contribution in [3.63, 3.8) is 0 Å². The highest BCUT2D eigenvalue weighted by atomic mass is 16.5. The Balaban J connectivity index is 1.34. The fraction of sp³-hybridized carbons (Fsp3) is 0.179. The van der Waals surface area contributed by atoms with Gasteiger partial charge in [-0.1, -0.05) is 42.5 Å². The lowest BCUT2D eigenvalue weighted by molar-refractivity contribution is 0.0933. The molecule has 1 N–H and O–H groups in total. The SMILES string of the molecule is COc1cccc(Oc2ccnc(-c3cccc(C(=O)N[C@@H]4CCCc5ccccc54)c3)n2)c1. The number of nitrogens with zero attached hydrogens (tertiary/aromatic N) is 2. The Bertz CT molecular complexity index is 1320. The van der Waals surface area contributed by atoms with Crippen molar-refractivity contribution in [2.75, 3.05) is 7.11 Å². The lowest BCUT2D eigenvalue weighted by atomic mass is 9.87. The van der Waals surface area contributed by atoms with E-state index in [2.05, 4.69) is 33.5 Å². The molecular formula is C28H25N3O3. The molecule has 1 amide bonds. The van der Waals surface area contributed by atoms with Gasteiger partial charge < -0.3 is 14.8 Å². The molecule has 0 saturated carbocycles. The second kappa shape index (κ2) is 9.75. The number of carbonyl (C=O) groups excluding carboxylic acids is 1. The van der Waals surface area contributed by atoms with E-state index >= 15 is 0 Å². The highest BCUT2D eigenvalue weighted by Crippen LogP contribution is 2.30. The van der Waals surface area contributed by atoms with E-state index in [0.717, 1.165) is 24.8 Å². The van der Waals surface area contributed by atoms with Gasteiger partial charge in [-0.05, 0) is 54.7 Å². The largest absolute Gasteiger partial charge is 0.497 e. The van der Waals surface area contributed by atoms with Crippen LogP contribution >= 0.6 is 0 Å². The topological polar surface area (TPSA) is 73.3 Å². The number of amides is 1. The molecule has 0 aliphatic heterocycles. The van der Waals surface area contributed by atoms with Crippen molar-refractivity contribution in [3.05, 3.63) is 102 Å². The Hall–Kier alpha value is -4.19. The summed E-state index contributed by atoms with van der Waals surface area (Å²) >= 11 is 0. The molecule has 1 atom stereocenters. The molecule has 0 saturated heterocycles. The van der Waals surface area contributed by atoms with E-state index < -0.39 is 0 Å². The zero-order valence-corrected chi connectivity index (χ0v) is 18.9. The van der Waals surface area contributed by atoms with Crippen molar-refractivity contribution in [1.82, 2.24) is 15.3 Å². The zero-order chi connectivity index (χ0) is 23.3. The van der Waals surface area contributed by atoms with Gasteiger partial charge in [-0.15, -0.1) is 0 Å². The summed E-state index contributed by atoms with van der Waals surface area (Å²) in [5.74, 6) is 2.10. The summed E-state index contributed by atoms with van der Waals surface area (Å²) in [6.07, 6.45) is 4.71. The fourth-order valence-corrected chi connectivity index (χ4v) is 4.27. The lowest BCUT2D eigenvalue weighted by Crippen LogP contribution is -2.30. The summed E-state index contributed by atoms with van der Waals surface area (Å²) in [6, 6.07) is 24.7. The molecule has 1 aliphatic rings. The Morgan fingerprint density at radius 3 is 2.74 bits per heavy atom. The first kappa shape index (κ1) is 21.6. The summed E-state index contributed by atoms with van der Waals surface area (Å²) in [5, 5.41) is 3.21. The van der Waals surface area contributed by atoms with Crippen LogP contribution in [0.1, 0.15) is 40.4 Å². The highest BCUT2D eigenvalue weighted by molar-refractivity contribution is 5.95. The molecule has 0 radical (unpaired) electrons. The molecule has 1 heterocycles. The van der Waals surface area contributed by atoms with Gasteiger partial charge in [0.15, 0.2) is 5.82 Å². The van der Waals surface area contributed by atoms with Gasteiger partial charge in [-0.3, -0.25) is 4.79 Å². The van der Waals surface area contributed by atoms with E-state index in [0.29, 0.717) is 28.8 Å². The maximum absolute atomic E-state index is 13.1. The number of rotatable bonds is 6. The number of methoxy groups -OCH3 is 1. The Kier molecular flexibility index (Phi) is 6.21. The maximum Gasteiger partial charge on any atom is 0.251 e. The van der Waals surface area contributed by atoms with Crippen molar-refractivity contribution in [2.24, 2.45) is 0 Å². The minimum atomic E-state index is -0.104. The third-order valence-electron chi connectivity index (χ3n) is 5.95. The molecule has 6 nitrogen and oxygen atoms in total. The summed E-state index contributed by atoms with van der Waals surface area (Å²) in [4.78, 5) is 22.0. The molecule has 6 heteroatoms. The van der Waals surface area contributed by atoms with Crippen LogP contribution in [0.2, 0.25) is 0 Å². The number of aromatic nitrogens is 2. The number of ether oxygens (including phenoxy) is 2. The van der Waals surface area contributed by atoms with Crippen molar-refractivity contribution >= 4 is 5.91 Å². The van der Waals surface area contributed by atoms with E-state index in [1.807, 2.05) is 48.5 Å². The molecule has 170 valence electrons. The van der Waals surface area contributed by atoms with Gasteiger partial charge >= 0.3 is 0 Å². The quantitative estimate of drug-likeness (QED) is 0.404. The van der Waals surface area contributed by atoms with Crippen LogP contribution in [-0.2, 0) is 6.42 Å². The molecule has 1 aromatic heterocycles. The average Bonchev–Trinajstić information content (AvgIpc) is 2.89. The third kappa shape index (κ3) is 4.76. The molecule has 0 spiro atoms. The molecular weight excluding hydrogens is 426 g/mol. The monoisotopic (exact) mass is 451 g/mol. The normalized spacial score (nSPS) is 14.7. The van der Waals surface area contributed by atoms with Crippen LogP contribution in [0, 0.1) is 0 Å². The van der Waals surface area contributed by atoms with Crippen LogP contribution in [0.4, 0.5) is 0 Å². The molecule has 0 unspecified atom stereocenters. The van der Waals surface area contributed by atoms with E-state index in [-0.39, 0.29) is 11.9 Å². The fourth-order valence-electron chi connectivity index (χ4n) is 4.27. The number of benzene rings is 3. The van der Waals surface area contributed by atoms with Gasteiger partial charge in [-0.2, -0.15) is 4.98 Å². The first-order valence-corrected chi connectivity index (χ1v) is 11.3. The summed E-state index contributed by atoms with van der Waals surface area (Å²) in [5.41, 5.74) is 3.84. The van der Waals surface area contributed by atoms with Crippen molar-refractivity contribution < 1.29 is 14.3 Å². The Morgan fingerprint density at radius 1 is 0.971 bits per heavy atom. The Labute approximate surface area is 198 Å². The Morgan fingerprint density at radius 2 is 1.82 bits per heavy atom. The van der Waals surface area contributed by atoms with Gasteiger partial charge in [0.2, 0.25) is 5.88 Å². The van der Waals surface area contributed by atoms with Crippen molar-refractivity contribution in [2.45, 2.75) is 25.3 Å². The van der Waals surface area contributed by atoms with Crippen LogP contribution < -0.4 is 14.8 Å². The van der Waals surface area contributed by atoms with Crippen LogP contribution in [0.5, 0.6) is 17.4 Å². The number of hydrogen-bond acceptors (Lipinski definition) is 5. The van der Waals surface area contributed by atoms with Crippen molar-refractivity contribution in [3.8, 4) is 28.8 Å². The van der Waals surface area contributed by atoms with Gasteiger partial charge in [0.1, 0.15) is 11.5 Å². The first-order chi connectivity index (χ1) is 16.7. The number of aryl methyl sites for hydroxylation is 1. The minimum Gasteiger partial charge on any atom is -0.497 e. The predicted molar refractivity (Wildman–Crippen MR) is 130 cm³/mol. The van der Waals surface area contributed by atoms with Crippen molar-refractivity contribution in [1.29, 1.82) is 0 Å².